The first kappa shape index (κ1) is 9.86. The van der Waals surface area contributed by atoms with Crippen molar-refractivity contribution < 1.29 is 0 Å². The molecular formula is C11H8N2OS2. The van der Waals surface area contributed by atoms with Crippen LogP contribution in [0.5, 0.6) is 0 Å². The van der Waals surface area contributed by atoms with E-state index in [1.807, 2.05) is 29.8 Å². The Kier molecular flexibility index (Phi) is 2.22. The lowest BCUT2D eigenvalue weighted by atomic mass is 10.2. The number of hydrogen-bond donors (Lipinski definition) is 0. The maximum absolute atomic E-state index is 12.2. The van der Waals surface area contributed by atoms with Crippen molar-refractivity contribution in [1.82, 2.24) is 9.38 Å². The summed E-state index contributed by atoms with van der Waals surface area (Å²) in [4.78, 5) is 18.4. The first-order chi connectivity index (χ1) is 7.81. The van der Waals surface area contributed by atoms with Gasteiger partial charge in [-0.05, 0) is 18.4 Å². The molecule has 0 aliphatic rings. The van der Waals surface area contributed by atoms with Crippen molar-refractivity contribution in [2.75, 3.05) is 6.26 Å². The number of aromatic nitrogens is 2. The van der Waals surface area contributed by atoms with Crippen molar-refractivity contribution in [3.63, 3.8) is 0 Å². The number of thiazole rings is 1. The molecule has 3 rings (SSSR count). The number of nitrogens with zero attached hydrogens (tertiary/aromatic N) is 2. The van der Waals surface area contributed by atoms with Gasteiger partial charge >= 0.3 is 0 Å². The van der Waals surface area contributed by atoms with Crippen LogP contribution in [0.4, 0.5) is 0 Å². The first-order valence-electron chi connectivity index (χ1n) is 4.74. The van der Waals surface area contributed by atoms with Gasteiger partial charge in [-0.15, -0.1) is 23.1 Å². The molecule has 0 N–H and O–H groups in total. The van der Waals surface area contributed by atoms with Gasteiger partial charge in [-0.3, -0.25) is 9.20 Å². The smallest absolute Gasteiger partial charge is 0.267 e. The summed E-state index contributed by atoms with van der Waals surface area (Å²) < 4.78 is 1.60. The molecule has 5 heteroatoms. The van der Waals surface area contributed by atoms with Crippen LogP contribution in [0.15, 0.2) is 39.5 Å². The van der Waals surface area contributed by atoms with Gasteiger partial charge in [0.25, 0.3) is 5.56 Å². The second-order valence-electron chi connectivity index (χ2n) is 3.33. The van der Waals surface area contributed by atoms with Crippen LogP contribution in [0.3, 0.4) is 0 Å². The van der Waals surface area contributed by atoms with Crippen molar-refractivity contribution >= 4 is 39.0 Å². The van der Waals surface area contributed by atoms with Gasteiger partial charge in [0.1, 0.15) is 0 Å². The molecule has 0 aliphatic carbocycles. The highest BCUT2D eigenvalue weighted by molar-refractivity contribution is 7.98. The average molecular weight is 248 g/mol. The van der Waals surface area contributed by atoms with E-state index in [9.17, 15) is 4.79 Å². The Morgan fingerprint density at radius 3 is 3.12 bits per heavy atom. The molecule has 0 fully saturated rings. The lowest BCUT2D eigenvalue weighted by molar-refractivity contribution is 1.11. The number of hydrogen-bond acceptors (Lipinski definition) is 4. The van der Waals surface area contributed by atoms with Crippen molar-refractivity contribution in [2.24, 2.45) is 0 Å². The molecule has 0 radical (unpaired) electrons. The zero-order valence-corrected chi connectivity index (χ0v) is 10.1. The van der Waals surface area contributed by atoms with Crippen LogP contribution < -0.4 is 5.56 Å². The summed E-state index contributed by atoms with van der Waals surface area (Å²) in [6, 6.07) is 5.77. The van der Waals surface area contributed by atoms with E-state index < -0.39 is 0 Å². The number of rotatable bonds is 1. The van der Waals surface area contributed by atoms with Gasteiger partial charge in [-0.1, -0.05) is 6.07 Å². The molecule has 0 spiro atoms. The highest BCUT2D eigenvalue weighted by Gasteiger charge is 2.09. The molecule has 0 saturated carbocycles. The van der Waals surface area contributed by atoms with Crippen LogP contribution in [-0.2, 0) is 0 Å². The molecule has 0 amide bonds. The van der Waals surface area contributed by atoms with Crippen molar-refractivity contribution in [2.45, 2.75) is 4.90 Å². The highest BCUT2D eigenvalue weighted by atomic mass is 32.2. The van der Waals surface area contributed by atoms with Crippen LogP contribution in [-0.4, -0.2) is 15.6 Å². The third-order valence-electron chi connectivity index (χ3n) is 2.46. The van der Waals surface area contributed by atoms with Crippen LogP contribution in [0.2, 0.25) is 0 Å². The van der Waals surface area contributed by atoms with E-state index in [1.54, 1.807) is 22.4 Å². The van der Waals surface area contributed by atoms with Gasteiger partial charge in [0, 0.05) is 16.5 Å². The fourth-order valence-electron chi connectivity index (χ4n) is 1.73. The largest absolute Gasteiger partial charge is 0.268 e. The minimum absolute atomic E-state index is 0.0196. The Balaban J connectivity index is 2.62. The van der Waals surface area contributed by atoms with E-state index in [0.717, 1.165) is 15.4 Å². The molecule has 1 aromatic carbocycles. The lowest BCUT2D eigenvalue weighted by Gasteiger charge is -2.02. The average Bonchev–Trinajstić information content (AvgIpc) is 2.76. The minimum Gasteiger partial charge on any atom is -0.268 e. The fourth-order valence-corrected chi connectivity index (χ4v) is 3.05. The fraction of sp³-hybridized carbons (Fsp3) is 0.0909. The van der Waals surface area contributed by atoms with Gasteiger partial charge < -0.3 is 0 Å². The third-order valence-corrected chi connectivity index (χ3v) is 4.00. The Bertz CT molecular complexity index is 730. The Hall–Kier alpha value is -1.33. The number of benzene rings is 1. The molecule has 3 aromatic rings. The van der Waals surface area contributed by atoms with Gasteiger partial charge in [-0.2, -0.15) is 0 Å². The number of fused-ring (bicyclic) bond motifs is 2. The maximum Gasteiger partial charge on any atom is 0.267 e. The topological polar surface area (TPSA) is 34.4 Å². The molecule has 16 heavy (non-hydrogen) atoms. The molecular weight excluding hydrogens is 240 g/mol. The van der Waals surface area contributed by atoms with Crippen LogP contribution >= 0.6 is 23.1 Å². The van der Waals surface area contributed by atoms with E-state index in [2.05, 4.69) is 4.98 Å². The van der Waals surface area contributed by atoms with Gasteiger partial charge in [0.05, 0.1) is 10.9 Å². The molecule has 2 heterocycles. The zero-order valence-electron chi connectivity index (χ0n) is 8.51. The second-order valence-corrected chi connectivity index (χ2v) is 5.05. The first-order valence-corrected chi connectivity index (χ1v) is 6.84. The summed E-state index contributed by atoms with van der Waals surface area (Å²) >= 11 is 3.05. The molecule has 0 aliphatic heterocycles. The second kappa shape index (κ2) is 3.61. The third kappa shape index (κ3) is 1.28. The normalized spacial score (nSPS) is 11.3. The van der Waals surface area contributed by atoms with E-state index in [1.165, 1.54) is 11.3 Å². The molecule has 2 aromatic heterocycles. The summed E-state index contributed by atoms with van der Waals surface area (Å²) in [6.45, 7) is 0. The quantitative estimate of drug-likeness (QED) is 0.621. The molecule has 80 valence electrons. The van der Waals surface area contributed by atoms with Gasteiger partial charge in [0.15, 0.2) is 4.96 Å². The summed E-state index contributed by atoms with van der Waals surface area (Å²) in [5, 5.41) is 2.59. The van der Waals surface area contributed by atoms with E-state index >= 15 is 0 Å². The Morgan fingerprint density at radius 2 is 2.31 bits per heavy atom. The van der Waals surface area contributed by atoms with E-state index in [4.69, 9.17) is 0 Å². The monoisotopic (exact) mass is 248 g/mol. The summed E-state index contributed by atoms with van der Waals surface area (Å²) in [7, 11) is 0. The molecule has 0 bridgehead atoms. The predicted octanol–water partition coefficient (Wildman–Crippen LogP) is 2.63. The Labute approximate surface area is 99.8 Å². The highest BCUT2D eigenvalue weighted by Crippen LogP contribution is 2.23. The predicted molar refractivity (Wildman–Crippen MR) is 68.6 cm³/mol. The molecule has 0 saturated heterocycles. The zero-order chi connectivity index (χ0) is 11.1. The Morgan fingerprint density at radius 1 is 1.44 bits per heavy atom. The molecule has 0 unspecified atom stereocenters. The van der Waals surface area contributed by atoms with Gasteiger partial charge in [0.2, 0.25) is 0 Å². The van der Waals surface area contributed by atoms with Crippen LogP contribution in [0.25, 0.3) is 15.9 Å². The SMILES string of the molecule is CSc1cccc2nc3sccn3c(=O)c12. The van der Waals surface area contributed by atoms with Crippen molar-refractivity contribution in [1.29, 1.82) is 0 Å². The van der Waals surface area contributed by atoms with Crippen molar-refractivity contribution in [3.8, 4) is 0 Å². The number of thioether (sulfide) groups is 1. The minimum atomic E-state index is 0.0196. The van der Waals surface area contributed by atoms with Crippen LogP contribution in [0, 0.1) is 0 Å². The summed E-state index contributed by atoms with van der Waals surface area (Å²) in [5.74, 6) is 0. The van der Waals surface area contributed by atoms with Crippen molar-refractivity contribution in [3.05, 3.63) is 40.1 Å². The summed E-state index contributed by atoms with van der Waals surface area (Å²) in [5.41, 5.74) is 0.797. The van der Waals surface area contributed by atoms with E-state index in [-0.39, 0.29) is 5.56 Å². The van der Waals surface area contributed by atoms with Gasteiger partial charge in [-0.25, -0.2) is 4.98 Å². The lowest BCUT2D eigenvalue weighted by Crippen LogP contribution is -2.13. The summed E-state index contributed by atoms with van der Waals surface area (Å²) in [6.07, 6.45) is 3.74. The standard InChI is InChI=1S/C11H8N2OS2/c1-15-8-4-2-3-7-9(8)10(14)13-5-6-16-11(13)12-7/h2-6H,1H3. The van der Waals surface area contributed by atoms with E-state index in [0.29, 0.717) is 5.39 Å². The molecule has 0 atom stereocenters. The maximum atomic E-state index is 12.2. The van der Waals surface area contributed by atoms with Crippen LogP contribution in [0.1, 0.15) is 0 Å². The molecule has 3 nitrogen and oxygen atoms in total.